The lowest BCUT2D eigenvalue weighted by Crippen LogP contribution is -2.54. The van der Waals surface area contributed by atoms with E-state index >= 15 is 0 Å². The zero-order valence-corrected chi connectivity index (χ0v) is 13.8. The molecule has 1 fully saturated rings. The predicted octanol–water partition coefficient (Wildman–Crippen LogP) is 3.20. The van der Waals surface area contributed by atoms with Crippen molar-refractivity contribution in [1.82, 2.24) is 9.88 Å². The zero-order valence-electron chi connectivity index (χ0n) is 13.8. The van der Waals surface area contributed by atoms with Crippen LogP contribution in [0.4, 0.5) is 0 Å². The Balaban J connectivity index is 2.11. The fourth-order valence-corrected chi connectivity index (χ4v) is 3.59. The highest BCUT2D eigenvalue weighted by Gasteiger charge is 2.40. The number of likely N-dealkylation sites (N-methyl/N-ethyl adjacent to an activating group) is 1. The number of aryl methyl sites for hydroxylation is 1. The molecule has 1 unspecified atom stereocenters. The Morgan fingerprint density at radius 1 is 1.19 bits per heavy atom. The van der Waals surface area contributed by atoms with E-state index in [9.17, 15) is 5.11 Å². The molecule has 3 nitrogen and oxygen atoms in total. The van der Waals surface area contributed by atoms with Gasteiger partial charge in [-0.3, -0.25) is 4.98 Å². The van der Waals surface area contributed by atoms with E-state index in [4.69, 9.17) is 0 Å². The van der Waals surface area contributed by atoms with Crippen molar-refractivity contribution in [2.45, 2.75) is 69.9 Å². The molecule has 0 bridgehead atoms. The first kappa shape index (κ1) is 16.4. The third-order valence-corrected chi connectivity index (χ3v) is 5.18. The molecule has 118 valence electrons. The van der Waals surface area contributed by atoms with Gasteiger partial charge in [0.2, 0.25) is 0 Å². The van der Waals surface area contributed by atoms with Crippen molar-refractivity contribution >= 4 is 0 Å². The molecule has 0 aromatic carbocycles. The van der Waals surface area contributed by atoms with Gasteiger partial charge in [0.15, 0.2) is 0 Å². The molecular weight excluding hydrogens is 260 g/mol. The van der Waals surface area contributed by atoms with Gasteiger partial charge in [-0.15, -0.1) is 0 Å². The summed E-state index contributed by atoms with van der Waals surface area (Å²) < 4.78 is 0. The van der Waals surface area contributed by atoms with Gasteiger partial charge in [0.25, 0.3) is 0 Å². The average Bonchev–Trinajstić information content (AvgIpc) is 2.75. The maximum absolute atomic E-state index is 10.9. The number of hydrogen-bond donors (Lipinski definition) is 1. The topological polar surface area (TPSA) is 36.4 Å². The lowest BCUT2D eigenvalue weighted by Gasteiger charge is -2.43. The predicted molar refractivity (Wildman–Crippen MR) is 87.4 cm³/mol. The number of hydrogen-bond acceptors (Lipinski definition) is 3. The molecule has 0 aliphatic heterocycles. The summed E-state index contributed by atoms with van der Waals surface area (Å²) >= 11 is 0. The molecule has 1 aliphatic rings. The van der Waals surface area contributed by atoms with Gasteiger partial charge in [-0.05, 0) is 45.0 Å². The van der Waals surface area contributed by atoms with E-state index < -0.39 is 0 Å². The Hall–Kier alpha value is -0.930. The van der Waals surface area contributed by atoms with Crippen LogP contribution < -0.4 is 0 Å². The third kappa shape index (κ3) is 3.83. The number of aliphatic hydroxyl groups excluding tert-OH is 1. The SMILES string of the molecule is CCc1ccc(CC(O)C2(N(C)C)CCCCCC2)nc1. The van der Waals surface area contributed by atoms with E-state index in [-0.39, 0.29) is 11.6 Å². The van der Waals surface area contributed by atoms with E-state index in [0.717, 1.165) is 25.0 Å². The van der Waals surface area contributed by atoms with Crippen LogP contribution in [0, 0.1) is 0 Å². The Kier molecular flexibility index (Phi) is 5.77. The molecule has 0 saturated heterocycles. The summed E-state index contributed by atoms with van der Waals surface area (Å²) in [6.45, 7) is 2.14. The van der Waals surface area contributed by atoms with Crippen molar-refractivity contribution in [2.75, 3.05) is 14.1 Å². The van der Waals surface area contributed by atoms with Crippen LogP contribution in [-0.4, -0.2) is 40.7 Å². The normalized spacial score (nSPS) is 20.2. The number of rotatable bonds is 5. The molecule has 0 amide bonds. The van der Waals surface area contributed by atoms with Crippen molar-refractivity contribution in [3.05, 3.63) is 29.6 Å². The second kappa shape index (κ2) is 7.37. The van der Waals surface area contributed by atoms with Gasteiger partial charge in [0.1, 0.15) is 0 Å². The minimum Gasteiger partial charge on any atom is -0.391 e. The molecule has 0 spiro atoms. The van der Waals surface area contributed by atoms with E-state index in [1.165, 1.54) is 31.2 Å². The van der Waals surface area contributed by atoms with Crippen molar-refractivity contribution < 1.29 is 5.11 Å². The molecule has 21 heavy (non-hydrogen) atoms. The van der Waals surface area contributed by atoms with Crippen LogP contribution in [0.3, 0.4) is 0 Å². The first-order chi connectivity index (χ1) is 10.1. The smallest absolute Gasteiger partial charge is 0.0778 e. The van der Waals surface area contributed by atoms with Crippen molar-refractivity contribution in [3.8, 4) is 0 Å². The van der Waals surface area contributed by atoms with E-state index in [1.54, 1.807) is 0 Å². The standard InChI is InChI=1S/C18H30N2O/c1-4-15-9-10-16(19-14-15)13-17(21)18(20(2)3)11-7-5-6-8-12-18/h9-10,14,17,21H,4-8,11-13H2,1-3H3. The van der Waals surface area contributed by atoms with E-state index in [0.29, 0.717) is 6.42 Å². The van der Waals surface area contributed by atoms with Gasteiger partial charge in [0, 0.05) is 23.9 Å². The molecule has 1 heterocycles. The van der Waals surface area contributed by atoms with Crippen LogP contribution in [0.2, 0.25) is 0 Å². The number of aromatic nitrogens is 1. The second-order valence-electron chi connectivity index (χ2n) is 6.64. The van der Waals surface area contributed by atoms with Gasteiger partial charge >= 0.3 is 0 Å². The van der Waals surface area contributed by atoms with Crippen molar-refractivity contribution in [1.29, 1.82) is 0 Å². The Bertz CT molecular complexity index is 419. The van der Waals surface area contributed by atoms with Gasteiger partial charge in [0.05, 0.1) is 6.10 Å². The lowest BCUT2D eigenvalue weighted by atomic mass is 9.81. The van der Waals surface area contributed by atoms with Gasteiger partial charge in [-0.1, -0.05) is 38.7 Å². The van der Waals surface area contributed by atoms with Crippen LogP contribution in [0.1, 0.15) is 56.7 Å². The first-order valence-electron chi connectivity index (χ1n) is 8.38. The molecule has 1 aliphatic carbocycles. The number of pyridine rings is 1. The molecule has 1 aromatic rings. The first-order valence-corrected chi connectivity index (χ1v) is 8.38. The summed E-state index contributed by atoms with van der Waals surface area (Å²) in [5, 5.41) is 10.9. The third-order valence-electron chi connectivity index (χ3n) is 5.18. The average molecular weight is 290 g/mol. The Labute approximate surface area is 129 Å². The highest BCUT2D eigenvalue weighted by molar-refractivity contribution is 5.15. The molecule has 1 N–H and O–H groups in total. The van der Waals surface area contributed by atoms with Gasteiger partial charge in [-0.2, -0.15) is 0 Å². The molecule has 0 radical (unpaired) electrons. The zero-order chi connectivity index (χ0) is 15.3. The highest BCUT2D eigenvalue weighted by Crippen LogP contribution is 2.35. The molecule has 1 saturated carbocycles. The summed E-state index contributed by atoms with van der Waals surface area (Å²) in [6.07, 6.45) is 10.5. The number of nitrogens with zero attached hydrogens (tertiary/aromatic N) is 2. The number of aliphatic hydroxyl groups is 1. The summed E-state index contributed by atoms with van der Waals surface area (Å²) in [4.78, 5) is 6.77. The fraction of sp³-hybridized carbons (Fsp3) is 0.722. The molecular formula is C18H30N2O. The van der Waals surface area contributed by atoms with Crippen LogP contribution in [0.25, 0.3) is 0 Å². The Morgan fingerprint density at radius 3 is 2.33 bits per heavy atom. The summed E-state index contributed by atoms with van der Waals surface area (Å²) in [7, 11) is 4.23. The van der Waals surface area contributed by atoms with Crippen molar-refractivity contribution in [3.63, 3.8) is 0 Å². The monoisotopic (exact) mass is 290 g/mol. The van der Waals surface area contributed by atoms with Crippen LogP contribution >= 0.6 is 0 Å². The quantitative estimate of drug-likeness (QED) is 0.846. The summed E-state index contributed by atoms with van der Waals surface area (Å²) in [6, 6.07) is 4.20. The van der Waals surface area contributed by atoms with Crippen LogP contribution in [0.15, 0.2) is 18.3 Å². The second-order valence-corrected chi connectivity index (χ2v) is 6.64. The maximum atomic E-state index is 10.9. The minimum absolute atomic E-state index is 0.0817. The summed E-state index contributed by atoms with van der Waals surface area (Å²) in [5.74, 6) is 0. The largest absolute Gasteiger partial charge is 0.391 e. The van der Waals surface area contributed by atoms with Gasteiger partial charge in [-0.25, -0.2) is 0 Å². The van der Waals surface area contributed by atoms with Crippen LogP contribution in [-0.2, 0) is 12.8 Å². The molecule has 2 rings (SSSR count). The molecule has 3 heteroatoms. The van der Waals surface area contributed by atoms with E-state index in [1.807, 2.05) is 6.20 Å². The summed E-state index contributed by atoms with van der Waals surface area (Å²) in [5.41, 5.74) is 2.18. The maximum Gasteiger partial charge on any atom is 0.0778 e. The minimum atomic E-state index is -0.342. The molecule has 1 atom stereocenters. The lowest BCUT2D eigenvalue weighted by molar-refractivity contribution is -0.0179. The van der Waals surface area contributed by atoms with Crippen LogP contribution in [0.5, 0.6) is 0 Å². The highest BCUT2D eigenvalue weighted by atomic mass is 16.3. The van der Waals surface area contributed by atoms with Gasteiger partial charge < -0.3 is 10.0 Å². The van der Waals surface area contributed by atoms with E-state index in [2.05, 4.69) is 43.0 Å². The molecule has 1 aromatic heterocycles. The van der Waals surface area contributed by atoms with Crippen molar-refractivity contribution in [2.24, 2.45) is 0 Å². The Morgan fingerprint density at radius 2 is 1.86 bits per heavy atom. The fourth-order valence-electron chi connectivity index (χ4n) is 3.59.